The molecule has 23 heavy (non-hydrogen) atoms. The fraction of sp³-hybridized carbons (Fsp3) is 0.529. The number of aryl methyl sites for hydroxylation is 1. The number of anilines is 1. The van der Waals surface area contributed by atoms with E-state index in [1.807, 2.05) is 6.92 Å². The minimum atomic E-state index is -0.511. The molecule has 1 aliphatic heterocycles. The summed E-state index contributed by atoms with van der Waals surface area (Å²) < 4.78 is 5.57. The van der Waals surface area contributed by atoms with E-state index in [0.717, 1.165) is 44.3 Å². The van der Waals surface area contributed by atoms with Crippen LogP contribution in [-0.4, -0.2) is 31.2 Å². The normalized spacial score (nSPS) is 17.0. The molecule has 6 nitrogen and oxygen atoms in total. The number of hydrogen-bond donors (Lipinski definition) is 3. The molecule has 0 radical (unpaired) electrons. The van der Waals surface area contributed by atoms with Crippen molar-refractivity contribution in [1.29, 1.82) is 0 Å². The highest BCUT2D eigenvalue weighted by Gasteiger charge is 2.14. The molecule has 1 unspecified atom stereocenters. The average molecular weight is 319 g/mol. The van der Waals surface area contributed by atoms with E-state index in [9.17, 15) is 9.59 Å². The predicted octanol–water partition coefficient (Wildman–Crippen LogP) is 2.56. The standard InChI is InChI=1S/C17H25N3O3/c1-12-7-8-13(16(18)21)11-15(12)20-17(22)19-9-3-2-5-14-6-4-10-23-14/h7-8,11,14H,2-6,9-10H2,1H3,(H2,18,21)(H2,19,20,22). The van der Waals surface area contributed by atoms with Gasteiger partial charge in [0.25, 0.3) is 0 Å². The van der Waals surface area contributed by atoms with Crippen LogP contribution in [0.2, 0.25) is 0 Å². The molecule has 4 N–H and O–H groups in total. The van der Waals surface area contributed by atoms with Crippen LogP contribution in [0.15, 0.2) is 18.2 Å². The van der Waals surface area contributed by atoms with Gasteiger partial charge in [0.15, 0.2) is 0 Å². The molecule has 1 aliphatic rings. The maximum Gasteiger partial charge on any atom is 0.319 e. The molecule has 0 aliphatic carbocycles. The number of nitrogens with two attached hydrogens (primary N) is 1. The summed E-state index contributed by atoms with van der Waals surface area (Å²) in [6.07, 6.45) is 5.75. The van der Waals surface area contributed by atoms with E-state index in [2.05, 4.69) is 10.6 Å². The zero-order chi connectivity index (χ0) is 16.7. The Bertz CT molecular complexity index is 554. The van der Waals surface area contributed by atoms with E-state index < -0.39 is 5.91 Å². The van der Waals surface area contributed by atoms with E-state index in [0.29, 0.717) is 23.9 Å². The van der Waals surface area contributed by atoms with Crippen LogP contribution in [0.5, 0.6) is 0 Å². The van der Waals surface area contributed by atoms with Gasteiger partial charge in [0.2, 0.25) is 5.91 Å². The first-order valence-electron chi connectivity index (χ1n) is 8.13. The van der Waals surface area contributed by atoms with Gasteiger partial charge in [-0.3, -0.25) is 4.79 Å². The molecule has 126 valence electrons. The Morgan fingerprint density at radius 1 is 1.35 bits per heavy atom. The number of carbonyl (C=O) groups excluding carboxylic acids is 2. The van der Waals surface area contributed by atoms with Crippen molar-refractivity contribution in [2.45, 2.75) is 45.1 Å². The van der Waals surface area contributed by atoms with Gasteiger partial charge in [0.1, 0.15) is 0 Å². The third kappa shape index (κ3) is 5.56. The van der Waals surface area contributed by atoms with Gasteiger partial charge in [-0.05, 0) is 56.7 Å². The van der Waals surface area contributed by atoms with Crippen molar-refractivity contribution in [1.82, 2.24) is 5.32 Å². The van der Waals surface area contributed by atoms with Crippen molar-refractivity contribution >= 4 is 17.6 Å². The van der Waals surface area contributed by atoms with Crippen LogP contribution < -0.4 is 16.4 Å². The third-order valence-electron chi connectivity index (χ3n) is 4.03. The number of primary amides is 1. The Morgan fingerprint density at radius 3 is 2.87 bits per heavy atom. The van der Waals surface area contributed by atoms with E-state index in [4.69, 9.17) is 10.5 Å². The Balaban J connectivity index is 1.69. The highest BCUT2D eigenvalue weighted by atomic mass is 16.5. The number of urea groups is 1. The van der Waals surface area contributed by atoms with Crippen LogP contribution in [0, 0.1) is 6.92 Å². The Labute approximate surface area is 136 Å². The highest BCUT2D eigenvalue weighted by molar-refractivity contribution is 5.96. The van der Waals surface area contributed by atoms with E-state index in [-0.39, 0.29) is 6.03 Å². The second-order valence-electron chi connectivity index (χ2n) is 5.91. The van der Waals surface area contributed by atoms with Crippen LogP contribution >= 0.6 is 0 Å². The minimum absolute atomic E-state index is 0.271. The van der Waals surface area contributed by atoms with Gasteiger partial charge in [-0.15, -0.1) is 0 Å². The summed E-state index contributed by atoms with van der Waals surface area (Å²) in [4.78, 5) is 23.1. The number of nitrogens with one attached hydrogen (secondary N) is 2. The largest absolute Gasteiger partial charge is 0.378 e. The van der Waals surface area contributed by atoms with Gasteiger partial charge in [0, 0.05) is 24.4 Å². The van der Waals surface area contributed by atoms with Crippen LogP contribution in [-0.2, 0) is 4.74 Å². The monoisotopic (exact) mass is 319 g/mol. The van der Waals surface area contributed by atoms with Crippen LogP contribution in [0.3, 0.4) is 0 Å². The smallest absolute Gasteiger partial charge is 0.319 e. The molecule has 3 amide bonds. The fourth-order valence-electron chi connectivity index (χ4n) is 2.65. The van der Waals surface area contributed by atoms with Crippen LogP contribution in [0.4, 0.5) is 10.5 Å². The van der Waals surface area contributed by atoms with Crippen molar-refractivity contribution in [3.63, 3.8) is 0 Å². The molecule has 0 saturated carbocycles. The van der Waals surface area contributed by atoms with Gasteiger partial charge < -0.3 is 21.1 Å². The lowest BCUT2D eigenvalue weighted by atomic mass is 10.1. The Kier molecular flexibility index (Phi) is 6.40. The van der Waals surface area contributed by atoms with E-state index in [1.165, 1.54) is 0 Å². The quantitative estimate of drug-likeness (QED) is 0.674. The molecule has 1 aromatic rings. The van der Waals surface area contributed by atoms with E-state index >= 15 is 0 Å². The topological polar surface area (TPSA) is 93.5 Å². The summed E-state index contributed by atoms with van der Waals surface area (Å²) in [7, 11) is 0. The zero-order valence-corrected chi connectivity index (χ0v) is 13.6. The Hall–Kier alpha value is -2.08. The summed E-state index contributed by atoms with van der Waals surface area (Å²) in [5, 5.41) is 5.58. The SMILES string of the molecule is Cc1ccc(C(N)=O)cc1NC(=O)NCCCCC1CCCO1. The zero-order valence-electron chi connectivity index (χ0n) is 13.6. The number of amides is 3. The second kappa shape index (κ2) is 8.53. The number of hydrogen-bond acceptors (Lipinski definition) is 3. The third-order valence-corrected chi connectivity index (χ3v) is 4.03. The lowest BCUT2D eigenvalue weighted by Crippen LogP contribution is -2.30. The molecule has 1 heterocycles. The van der Waals surface area contributed by atoms with Gasteiger partial charge in [-0.2, -0.15) is 0 Å². The minimum Gasteiger partial charge on any atom is -0.378 e. The summed E-state index contributed by atoms with van der Waals surface area (Å²) >= 11 is 0. The van der Waals surface area contributed by atoms with Gasteiger partial charge in [-0.25, -0.2) is 4.79 Å². The molecule has 1 aromatic carbocycles. The van der Waals surface area contributed by atoms with Crippen molar-refractivity contribution in [3.05, 3.63) is 29.3 Å². The molecule has 0 spiro atoms. The molecule has 0 bridgehead atoms. The number of ether oxygens (including phenoxy) is 1. The van der Waals surface area contributed by atoms with Crippen LogP contribution in [0.1, 0.15) is 48.0 Å². The maximum atomic E-state index is 11.9. The summed E-state index contributed by atoms with van der Waals surface area (Å²) in [5.74, 6) is -0.511. The molecule has 1 fully saturated rings. The molecule has 1 atom stereocenters. The van der Waals surface area contributed by atoms with Crippen molar-refractivity contribution < 1.29 is 14.3 Å². The number of benzene rings is 1. The molecule has 0 aromatic heterocycles. The molecule has 1 saturated heterocycles. The van der Waals surface area contributed by atoms with E-state index in [1.54, 1.807) is 18.2 Å². The average Bonchev–Trinajstić information content (AvgIpc) is 3.02. The first-order chi connectivity index (χ1) is 11.1. The molecule has 6 heteroatoms. The summed E-state index contributed by atoms with van der Waals surface area (Å²) in [6, 6.07) is 4.73. The van der Waals surface area contributed by atoms with Gasteiger partial charge >= 0.3 is 6.03 Å². The number of unbranched alkanes of at least 4 members (excludes halogenated alkanes) is 1. The maximum absolute atomic E-state index is 11.9. The summed E-state index contributed by atoms with van der Waals surface area (Å²) in [5.41, 5.74) is 7.10. The first-order valence-corrected chi connectivity index (χ1v) is 8.13. The van der Waals surface area contributed by atoms with Gasteiger partial charge in [0.05, 0.1) is 6.10 Å². The Morgan fingerprint density at radius 2 is 2.17 bits per heavy atom. The predicted molar refractivity (Wildman–Crippen MR) is 89.5 cm³/mol. The molecule has 2 rings (SSSR count). The second-order valence-corrected chi connectivity index (χ2v) is 5.91. The fourth-order valence-corrected chi connectivity index (χ4v) is 2.65. The molecular formula is C17H25N3O3. The number of rotatable bonds is 7. The number of carbonyl (C=O) groups is 2. The van der Waals surface area contributed by atoms with Crippen molar-refractivity contribution in [3.8, 4) is 0 Å². The lowest BCUT2D eigenvalue weighted by Gasteiger charge is -2.12. The molecular weight excluding hydrogens is 294 g/mol. The van der Waals surface area contributed by atoms with Crippen molar-refractivity contribution in [2.24, 2.45) is 5.73 Å². The van der Waals surface area contributed by atoms with Crippen molar-refractivity contribution in [2.75, 3.05) is 18.5 Å². The van der Waals surface area contributed by atoms with Gasteiger partial charge in [-0.1, -0.05) is 6.07 Å². The van der Waals surface area contributed by atoms with Crippen LogP contribution in [0.25, 0.3) is 0 Å². The highest BCUT2D eigenvalue weighted by Crippen LogP contribution is 2.18. The summed E-state index contributed by atoms with van der Waals surface area (Å²) in [6.45, 7) is 3.37. The lowest BCUT2D eigenvalue weighted by molar-refractivity contribution is 0.0999. The first kappa shape index (κ1) is 17.3.